The number of anilines is 1. The number of hydrogen-bond acceptors (Lipinski definition) is 6. The number of methoxy groups -OCH3 is 1. The molecule has 0 aromatic carbocycles. The minimum atomic E-state index is -0.314. The van der Waals surface area contributed by atoms with Gasteiger partial charge in [-0.25, -0.2) is 14.8 Å². The minimum absolute atomic E-state index is 0.247. The molecule has 1 atom stereocenters. The van der Waals surface area contributed by atoms with E-state index in [-0.39, 0.29) is 12.1 Å². The predicted octanol–water partition coefficient (Wildman–Crippen LogP) is 2.92. The van der Waals surface area contributed by atoms with Gasteiger partial charge < -0.3 is 19.9 Å². The lowest BCUT2D eigenvalue weighted by atomic mass is 9.71. The quantitative estimate of drug-likeness (QED) is 0.803. The third kappa shape index (κ3) is 3.51. The summed E-state index contributed by atoms with van der Waals surface area (Å²) in [7, 11) is 3.61. The Kier molecular flexibility index (Phi) is 5.05. The third-order valence-corrected chi connectivity index (χ3v) is 7.84. The standard InChI is InChI=1S/C22H32N6O2/c1-27(20-18-6-10-23-19(18)24-14-25-20)16-3-7-22(8-4-16)9-5-17(11-22)28-12-15(13-28)26-21(29)30-2/h6,10,14-17H,3-5,7-9,11-13H2,1-2H3,(H,26,29)(H,23,24,25). The number of likely N-dealkylation sites (tertiary alicyclic amines) is 1. The van der Waals surface area contributed by atoms with Crippen molar-refractivity contribution in [1.29, 1.82) is 0 Å². The summed E-state index contributed by atoms with van der Waals surface area (Å²) in [5, 5.41) is 4.02. The summed E-state index contributed by atoms with van der Waals surface area (Å²) in [6.45, 7) is 1.92. The van der Waals surface area contributed by atoms with Crippen molar-refractivity contribution in [2.24, 2.45) is 5.41 Å². The molecule has 1 aliphatic heterocycles. The maximum Gasteiger partial charge on any atom is 0.407 e. The summed E-state index contributed by atoms with van der Waals surface area (Å²) in [5.41, 5.74) is 1.42. The van der Waals surface area contributed by atoms with Crippen LogP contribution in [0.1, 0.15) is 44.9 Å². The lowest BCUT2D eigenvalue weighted by Gasteiger charge is -2.45. The van der Waals surface area contributed by atoms with Crippen molar-refractivity contribution in [1.82, 2.24) is 25.2 Å². The molecule has 3 fully saturated rings. The zero-order valence-corrected chi connectivity index (χ0v) is 17.9. The topological polar surface area (TPSA) is 86.4 Å². The Morgan fingerprint density at radius 2 is 2.03 bits per heavy atom. The third-order valence-electron chi connectivity index (χ3n) is 7.84. The summed E-state index contributed by atoms with van der Waals surface area (Å²) < 4.78 is 4.71. The molecule has 8 heteroatoms. The molecule has 1 amide bonds. The minimum Gasteiger partial charge on any atom is -0.453 e. The van der Waals surface area contributed by atoms with Gasteiger partial charge in [-0.1, -0.05) is 0 Å². The average molecular weight is 413 g/mol. The van der Waals surface area contributed by atoms with E-state index >= 15 is 0 Å². The van der Waals surface area contributed by atoms with Gasteiger partial charge in [0, 0.05) is 38.4 Å². The number of alkyl carbamates (subject to hydrolysis) is 1. The first-order chi connectivity index (χ1) is 14.6. The highest BCUT2D eigenvalue weighted by atomic mass is 16.5. The van der Waals surface area contributed by atoms with E-state index in [4.69, 9.17) is 4.74 Å². The molecule has 30 heavy (non-hydrogen) atoms. The zero-order valence-electron chi connectivity index (χ0n) is 17.9. The fourth-order valence-electron chi connectivity index (χ4n) is 5.99. The number of carbonyl (C=O) groups excluding carboxylic acids is 1. The van der Waals surface area contributed by atoms with E-state index in [1.807, 2.05) is 6.20 Å². The molecule has 5 rings (SSSR count). The van der Waals surface area contributed by atoms with E-state index in [0.29, 0.717) is 17.5 Å². The largest absolute Gasteiger partial charge is 0.453 e. The first-order valence-electron chi connectivity index (χ1n) is 11.2. The summed E-state index contributed by atoms with van der Waals surface area (Å²) >= 11 is 0. The first kappa shape index (κ1) is 19.6. The zero-order chi connectivity index (χ0) is 20.7. The summed E-state index contributed by atoms with van der Waals surface area (Å²) in [6, 6.07) is 3.54. The number of fused-ring (bicyclic) bond motifs is 1. The van der Waals surface area contributed by atoms with E-state index in [1.54, 1.807) is 6.33 Å². The van der Waals surface area contributed by atoms with Gasteiger partial charge in [-0.3, -0.25) is 4.90 Å². The normalized spacial score (nSPS) is 29.8. The monoisotopic (exact) mass is 412 g/mol. The maximum absolute atomic E-state index is 11.4. The summed E-state index contributed by atoms with van der Waals surface area (Å²) in [6.07, 6.45) is 12.3. The molecule has 2 N–H and O–H groups in total. The van der Waals surface area contributed by atoms with Gasteiger partial charge in [0.2, 0.25) is 0 Å². The van der Waals surface area contributed by atoms with Gasteiger partial charge in [0.25, 0.3) is 0 Å². The lowest BCUT2D eigenvalue weighted by Crippen LogP contribution is -2.61. The number of ether oxygens (including phenoxy) is 1. The fourth-order valence-corrected chi connectivity index (χ4v) is 5.99. The Bertz CT molecular complexity index is 900. The van der Waals surface area contributed by atoms with Crippen LogP contribution in [-0.2, 0) is 4.74 Å². The Balaban J connectivity index is 1.15. The predicted molar refractivity (Wildman–Crippen MR) is 116 cm³/mol. The number of nitrogens with zero attached hydrogens (tertiary/aromatic N) is 4. The number of amides is 1. The lowest BCUT2D eigenvalue weighted by molar-refractivity contribution is 0.0627. The van der Waals surface area contributed by atoms with Crippen LogP contribution in [0.3, 0.4) is 0 Å². The van der Waals surface area contributed by atoms with Crippen molar-refractivity contribution in [2.45, 2.75) is 63.1 Å². The van der Waals surface area contributed by atoms with Crippen LogP contribution in [0.15, 0.2) is 18.6 Å². The molecular formula is C22H32N6O2. The molecule has 0 radical (unpaired) electrons. The highest BCUT2D eigenvalue weighted by molar-refractivity contribution is 5.87. The second-order valence-electron chi connectivity index (χ2n) is 9.46. The molecule has 2 aliphatic carbocycles. The Hall–Kier alpha value is -2.35. The summed E-state index contributed by atoms with van der Waals surface area (Å²) in [4.78, 5) is 28.4. The number of nitrogens with one attached hydrogen (secondary N) is 2. The van der Waals surface area contributed by atoms with E-state index < -0.39 is 0 Å². The van der Waals surface area contributed by atoms with Crippen LogP contribution in [0.5, 0.6) is 0 Å². The van der Waals surface area contributed by atoms with Gasteiger partial charge in [-0.15, -0.1) is 0 Å². The molecule has 3 heterocycles. The van der Waals surface area contributed by atoms with Crippen molar-refractivity contribution >= 4 is 22.9 Å². The van der Waals surface area contributed by atoms with Gasteiger partial charge in [-0.2, -0.15) is 0 Å². The summed E-state index contributed by atoms with van der Waals surface area (Å²) in [5.74, 6) is 1.04. The highest BCUT2D eigenvalue weighted by Crippen LogP contribution is 2.51. The molecule has 2 aromatic rings. The van der Waals surface area contributed by atoms with E-state index in [1.165, 1.54) is 52.1 Å². The molecule has 162 valence electrons. The Morgan fingerprint density at radius 1 is 1.27 bits per heavy atom. The molecule has 1 unspecified atom stereocenters. The van der Waals surface area contributed by atoms with E-state index in [0.717, 1.165) is 29.9 Å². The van der Waals surface area contributed by atoms with Gasteiger partial charge in [0.15, 0.2) is 0 Å². The number of rotatable bonds is 4. The number of carbonyl (C=O) groups is 1. The van der Waals surface area contributed by atoms with Crippen LogP contribution in [0, 0.1) is 5.41 Å². The average Bonchev–Trinajstić information content (AvgIpc) is 3.37. The molecular weight excluding hydrogens is 380 g/mol. The Labute approximate surface area is 177 Å². The van der Waals surface area contributed by atoms with Gasteiger partial charge in [0.1, 0.15) is 17.8 Å². The molecule has 3 aliphatic rings. The van der Waals surface area contributed by atoms with Crippen LogP contribution in [0.2, 0.25) is 0 Å². The number of aromatic amines is 1. The SMILES string of the molecule is COC(=O)NC1CN(C2CCC3(CCC(N(C)c4ncnc5[nH]ccc45)CC3)C2)C1. The highest BCUT2D eigenvalue weighted by Gasteiger charge is 2.46. The fraction of sp³-hybridized carbons (Fsp3) is 0.682. The number of hydrogen-bond donors (Lipinski definition) is 2. The number of aromatic nitrogens is 3. The second kappa shape index (κ2) is 7.72. The molecule has 0 bridgehead atoms. The first-order valence-corrected chi connectivity index (χ1v) is 11.2. The smallest absolute Gasteiger partial charge is 0.407 e. The maximum atomic E-state index is 11.4. The molecule has 2 aromatic heterocycles. The van der Waals surface area contributed by atoms with Crippen molar-refractivity contribution in [3.05, 3.63) is 18.6 Å². The van der Waals surface area contributed by atoms with Gasteiger partial charge in [0.05, 0.1) is 18.5 Å². The second-order valence-corrected chi connectivity index (χ2v) is 9.46. The molecule has 1 saturated heterocycles. The van der Waals surface area contributed by atoms with Crippen molar-refractivity contribution < 1.29 is 9.53 Å². The van der Waals surface area contributed by atoms with Crippen LogP contribution in [0.25, 0.3) is 11.0 Å². The number of H-pyrrole nitrogens is 1. The molecule has 1 spiro atoms. The van der Waals surface area contributed by atoms with Crippen LogP contribution in [0.4, 0.5) is 10.6 Å². The van der Waals surface area contributed by atoms with Gasteiger partial charge in [-0.05, 0) is 56.4 Å². The van der Waals surface area contributed by atoms with Crippen LogP contribution < -0.4 is 10.2 Å². The van der Waals surface area contributed by atoms with Gasteiger partial charge >= 0.3 is 6.09 Å². The van der Waals surface area contributed by atoms with E-state index in [9.17, 15) is 4.79 Å². The van der Waals surface area contributed by atoms with Crippen LogP contribution >= 0.6 is 0 Å². The van der Waals surface area contributed by atoms with Crippen molar-refractivity contribution in [3.63, 3.8) is 0 Å². The van der Waals surface area contributed by atoms with Crippen molar-refractivity contribution in [3.8, 4) is 0 Å². The van der Waals surface area contributed by atoms with Crippen molar-refractivity contribution in [2.75, 3.05) is 32.1 Å². The Morgan fingerprint density at radius 3 is 2.80 bits per heavy atom. The van der Waals surface area contributed by atoms with Crippen LogP contribution in [-0.4, -0.2) is 71.3 Å². The molecule has 2 saturated carbocycles. The molecule has 8 nitrogen and oxygen atoms in total. The van der Waals surface area contributed by atoms with E-state index in [2.05, 4.69) is 43.2 Å².